The third-order valence-corrected chi connectivity index (χ3v) is 4.91. The molecule has 0 bridgehead atoms. The van der Waals surface area contributed by atoms with Crippen molar-refractivity contribution in [2.75, 3.05) is 18.2 Å². The van der Waals surface area contributed by atoms with Crippen LogP contribution in [0.1, 0.15) is 30.6 Å². The van der Waals surface area contributed by atoms with Crippen LogP contribution in [0.15, 0.2) is 53.4 Å². The van der Waals surface area contributed by atoms with Crippen LogP contribution in [0.3, 0.4) is 0 Å². The summed E-state index contributed by atoms with van der Waals surface area (Å²) in [6.45, 7) is 3.99. The maximum Gasteiger partial charge on any atom is 0.252 e. The molecule has 2 aromatic carbocycles. The molecule has 2 amide bonds. The molecule has 1 atom stereocenters. The first-order valence-electron chi connectivity index (χ1n) is 8.50. The van der Waals surface area contributed by atoms with Gasteiger partial charge in [0.1, 0.15) is 5.75 Å². The summed E-state index contributed by atoms with van der Waals surface area (Å²) in [5, 5.41) is 5.80. The standard InChI is InChI=1S/C20H24N2O3S/c1-4-14(2)21-20(24)17-10-5-6-11-18(17)26-13-19(23)22-15-8-7-9-16(12-15)25-3/h5-12,14H,4,13H2,1-3H3,(H,21,24)(H,22,23). The molecule has 0 fully saturated rings. The maximum absolute atomic E-state index is 12.4. The number of thioether (sulfide) groups is 1. The zero-order chi connectivity index (χ0) is 18.9. The number of carbonyl (C=O) groups excluding carboxylic acids is 2. The van der Waals surface area contributed by atoms with E-state index in [1.807, 2.05) is 44.2 Å². The lowest BCUT2D eigenvalue weighted by atomic mass is 10.2. The Kier molecular flexibility index (Phi) is 7.53. The molecule has 0 spiro atoms. The van der Waals surface area contributed by atoms with Gasteiger partial charge in [0.2, 0.25) is 5.91 Å². The van der Waals surface area contributed by atoms with Crippen molar-refractivity contribution in [1.29, 1.82) is 0 Å². The van der Waals surface area contributed by atoms with E-state index in [1.165, 1.54) is 11.8 Å². The Morgan fingerprint density at radius 2 is 1.92 bits per heavy atom. The van der Waals surface area contributed by atoms with Gasteiger partial charge in [0.15, 0.2) is 0 Å². The second-order valence-corrected chi connectivity index (χ2v) is 6.86. The van der Waals surface area contributed by atoms with Gasteiger partial charge in [-0.1, -0.05) is 25.1 Å². The predicted octanol–water partition coefficient (Wildman–Crippen LogP) is 3.95. The fraction of sp³-hybridized carbons (Fsp3) is 0.300. The lowest BCUT2D eigenvalue weighted by molar-refractivity contribution is -0.113. The number of hydrogen-bond donors (Lipinski definition) is 2. The summed E-state index contributed by atoms with van der Waals surface area (Å²) in [5.41, 5.74) is 1.27. The molecule has 2 aromatic rings. The first-order chi connectivity index (χ1) is 12.5. The smallest absolute Gasteiger partial charge is 0.252 e. The summed E-state index contributed by atoms with van der Waals surface area (Å²) in [7, 11) is 1.58. The number of nitrogens with one attached hydrogen (secondary N) is 2. The number of amides is 2. The van der Waals surface area contributed by atoms with E-state index in [4.69, 9.17) is 4.74 Å². The number of carbonyl (C=O) groups is 2. The summed E-state index contributed by atoms with van der Waals surface area (Å²) in [6.07, 6.45) is 0.865. The molecule has 138 valence electrons. The minimum absolute atomic E-state index is 0.108. The van der Waals surface area contributed by atoms with Gasteiger partial charge in [-0.15, -0.1) is 11.8 Å². The van der Waals surface area contributed by atoms with Crippen molar-refractivity contribution in [3.8, 4) is 5.75 Å². The highest BCUT2D eigenvalue weighted by Gasteiger charge is 2.14. The fourth-order valence-electron chi connectivity index (χ4n) is 2.22. The van der Waals surface area contributed by atoms with Gasteiger partial charge in [0, 0.05) is 22.7 Å². The first kappa shape index (κ1) is 19.8. The zero-order valence-electron chi connectivity index (χ0n) is 15.2. The monoisotopic (exact) mass is 372 g/mol. The van der Waals surface area contributed by atoms with Crippen LogP contribution in [0.2, 0.25) is 0 Å². The van der Waals surface area contributed by atoms with E-state index in [-0.39, 0.29) is 23.6 Å². The number of hydrogen-bond acceptors (Lipinski definition) is 4. The van der Waals surface area contributed by atoms with Gasteiger partial charge in [0.25, 0.3) is 5.91 Å². The van der Waals surface area contributed by atoms with Crippen molar-refractivity contribution in [3.05, 3.63) is 54.1 Å². The zero-order valence-corrected chi connectivity index (χ0v) is 16.1. The number of benzene rings is 2. The molecule has 2 N–H and O–H groups in total. The van der Waals surface area contributed by atoms with E-state index in [1.54, 1.807) is 25.3 Å². The highest BCUT2D eigenvalue weighted by molar-refractivity contribution is 8.00. The molecular formula is C20H24N2O3S. The largest absolute Gasteiger partial charge is 0.497 e. The first-order valence-corrected chi connectivity index (χ1v) is 9.48. The molecular weight excluding hydrogens is 348 g/mol. The quantitative estimate of drug-likeness (QED) is 0.689. The molecule has 5 nitrogen and oxygen atoms in total. The molecule has 26 heavy (non-hydrogen) atoms. The van der Waals surface area contributed by atoms with Gasteiger partial charge < -0.3 is 15.4 Å². The summed E-state index contributed by atoms with van der Waals surface area (Å²) in [6, 6.07) is 14.6. The van der Waals surface area contributed by atoms with Gasteiger partial charge in [-0.3, -0.25) is 9.59 Å². The van der Waals surface area contributed by atoms with Crippen molar-refractivity contribution in [2.45, 2.75) is 31.2 Å². The van der Waals surface area contributed by atoms with Crippen molar-refractivity contribution in [3.63, 3.8) is 0 Å². The molecule has 2 rings (SSSR count). The van der Waals surface area contributed by atoms with Crippen LogP contribution in [-0.2, 0) is 4.79 Å². The fourth-order valence-corrected chi connectivity index (χ4v) is 3.07. The van der Waals surface area contributed by atoms with Gasteiger partial charge in [0.05, 0.1) is 18.4 Å². The molecule has 0 saturated heterocycles. The molecule has 0 heterocycles. The van der Waals surface area contributed by atoms with E-state index in [2.05, 4.69) is 10.6 Å². The van der Waals surface area contributed by atoms with E-state index < -0.39 is 0 Å². The summed E-state index contributed by atoms with van der Waals surface area (Å²) in [5.74, 6) is 0.642. The third-order valence-electron chi connectivity index (χ3n) is 3.83. The predicted molar refractivity (Wildman–Crippen MR) is 106 cm³/mol. The number of methoxy groups -OCH3 is 1. The second-order valence-electron chi connectivity index (χ2n) is 5.85. The van der Waals surface area contributed by atoms with Crippen molar-refractivity contribution < 1.29 is 14.3 Å². The summed E-state index contributed by atoms with van der Waals surface area (Å²) in [4.78, 5) is 25.4. The molecule has 1 unspecified atom stereocenters. The molecule has 6 heteroatoms. The van der Waals surface area contributed by atoms with Crippen LogP contribution in [-0.4, -0.2) is 30.7 Å². The van der Waals surface area contributed by atoms with E-state index >= 15 is 0 Å². The third kappa shape index (κ3) is 5.81. The highest BCUT2D eigenvalue weighted by Crippen LogP contribution is 2.23. The Balaban J connectivity index is 1.98. The van der Waals surface area contributed by atoms with Crippen LogP contribution in [0.5, 0.6) is 5.75 Å². The van der Waals surface area contributed by atoms with Gasteiger partial charge in [-0.25, -0.2) is 0 Å². The second kappa shape index (κ2) is 9.87. The molecule has 0 aromatic heterocycles. The van der Waals surface area contributed by atoms with Gasteiger partial charge in [-0.05, 0) is 37.6 Å². The molecule has 0 saturated carbocycles. The molecule has 0 aliphatic carbocycles. The Morgan fingerprint density at radius 3 is 2.65 bits per heavy atom. The maximum atomic E-state index is 12.4. The Labute approximate surface area is 158 Å². The lowest BCUT2D eigenvalue weighted by Crippen LogP contribution is -2.32. The Morgan fingerprint density at radius 1 is 1.15 bits per heavy atom. The lowest BCUT2D eigenvalue weighted by Gasteiger charge is -2.14. The van der Waals surface area contributed by atoms with Crippen molar-refractivity contribution >= 4 is 29.3 Å². The van der Waals surface area contributed by atoms with E-state index in [0.29, 0.717) is 17.0 Å². The van der Waals surface area contributed by atoms with E-state index in [0.717, 1.165) is 11.3 Å². The van der Waals surface area contributed by atoms with Crippen LogP contribution < -0.4 is 15.4 Å². The number of ether oxygens (including phenoxy) is 1. The average Bonchev–Trinajstić information content (AvgIpc) is 2.66. The molecule has 0 radical (unpaired) electrons. The summed E-state index contributed by atoms with van der Waals surface area (Å²) < 4.78 is 5.15. The Bertz CT molecular complexity index is 764. The minimum atomic E-state index is -0.139. The van der Waals surface area contributed by atoms with Gasteiger partial charge in [-0.2, -0.15) is 0 Å². The van der Waals surface area contributed by atoms with Crippen LogP contribution in [0, 0.1) is 0 Å². The number of anilines is 1. The minimum Gasteiger partial charge on any atom is -0.497 e. The number of rotatable bonds is 8. The SMILES string of the molecule is CCC(C)NC(=O)c1ccccc1SCC(=O)Nc1cccc(OC)c1. The molecule has 0 aliphatic rings. The average molecular weight is 372 g/mol. The molecule has 0 aliphatic heterocycles. The normalized spacial score (nSPS) is 11.5. The van der Waals surface area contributed by atoms with Crippen molar-refractivity contribution in [2.24, 2.45) is 0 Å². The summed E-state index contributed by atoms with van der Waals surface area (Å²) >= 11 is 1.34. The van der Waals surface area contributed by atoms with Crippen LogP contribution >= 0.6 is 11.8 Å². The highest BCUT2D eigenvalue weighted by atomic mass is 32.2. The van der Waals surface area contributed by atoms with Gasteiger partial charge >= 0.3 is 0 Å². The van der Waals surface area contributed by atoms with Crippen LogP contribution in [0.25, 0.3) is 0 Å². The van der Waals surface area contributed by atoms with Crippen LogP contribution in [0.4, 0.5) is 5.69 Å². The Hall–Kier alpha value is -2.47. The van der Waals surface area contributed by atoms with Crippen molar-refractivity contribution in [1.82, 2.24) is 5.32 Å². The van der Waals surface area contributed by atoms with E-state index in [9.17, 15) is 9.59 Å². The topological polar surface area (TPSA) is 67.4 Å².